The van der Waals surface area contributed by atoms with Crippen LogP contribution in [0.2, 0.25) is 0 Å². The van der Waals surface area contributed by atoms with Crippen molar-refractivity contribution in [2.45, 2.75) is 6.92 Å². The first-order chi connectivity index (χ1) is 10.7. The summed E-state index contributed by atoms with van der Waals surface area (Å²) in [6, 6.07) is 17.4. The normalized spacial score (nSPS) is 10.5. The van der Waals surface area contributed by atoms with E-state index in [2.05, 4.69) is 0 Å². The Bertz CT molecular complexity index is 784. The van der Waals surface area contributed by atoms with E-state index in [0.29, 0.717) is 17.1 Å². The molecule has 0 aliphatic heterocycles. The van der Waals surface area contributed by atoms with Gasteiger partial charge >= 0.3 is 0 Å². The van der Waals surface area contributed by atoms with Gasteiger partial charge in [-0.2, -0.15) is 0 Å². The van der Waals surface area contributed by atoms with Crippen LogP contribution in [0.1, 0.15) is 16.1 Å². The van der Waals surface area contributed by atoms with E-state index in [4.69, 9.17) is 9.15 Å². The van der Waals surface area contributed by atoms with Crippen molar-refractivity contribution in [3.8, 4) is 28.2 Å². The highest BCUT2D eigenvalue weighted by Gasteiger charge is 2.20. The van der Waals surface area contributed by atoms with Crippen LogP contribution in [-0.4, -0.2) is 13.4 Å². The number of hydrogen-bond acceptors (Lipinski definition) is 3. The van der Waals surface area contributed by atoms with E-state index in [0.717, 1.165) is 28.7 Å². The third kappa shape index (κ3) is 2.42. The van der Waals surface area contributed by atoms with Gasteiger partial charge in [-0.3, -0.25) is 4.79 Å². The van der Waals surface area contributed by atoms with Crippen molar-refractivity contribution < 1.29 is 13.9 Å². The van der Waals surface area contributed by atoms with Gasteiger partial charge in [0.2, 0.25) is 0 Å². The summed E-state index contributed by atoms with van der Waals surface area (Å²) in [4.78, 5) is 11.5. The average Bonchev–Trinajstić information content (AvgIpc) is 2.92. The first-order valence-electron chi connectivity index (χ1n) is 7.03. The molecular formula is C19H16O3. The molecule has 1 aromatic heterocycles. The van der Waals surface area contributed by atoms with Gasteiger partial charge in [0.1, 0.15) is 17.3 Å². The highest BCUT2D eigenvalue weighted by Crippen LogP contribution is 2.38. The van der Waals surface area contributed by atoms with Crippen LogP contribution in [0.3, 0.4) is 0 Å². The number of rotatable bonds is 4. The van der Waals surface area contributed by atoms with Crippen LogP contribution in [0.4, 0.5) is 0 Å². The minimum absolute atomic E-state index is 0.587. The molecule has 110 valence electrons. The maximum atomic E-state index is 11.5. The van der Waals surface area contributed by atoms with Crippen molar-refractivity contribution >= 4 is 6.29 Å². The van der Waals surface area contributed by atoms with Crippen molar-refractivity contribution in [3.05, 3.63) is 65.9 Å². The first-order valence-corrected chi connectivity index (χ1v) is 7.03. The second kappa shape index (κ2) is 5.90. The summed E-state index contributed by atoms with van der Waals surface area (Å²) in [5.74, 6) is 2.11. The summed E-state index contributed by atoms with van der Waals surface area (Å²) >= 11 is 0. The molecular weight excluding hydrogens is 276 g/mol. The minimum Gasteiger partial charge on any atom is -0.497 e. The molecule has 3 nitrogen and oxygen atoms in total. The molecule has 22 heavy (non-hydrogen) atoms. The zero-order valence-electron chi connectivity index (χ0n) is 12.5. The summed E-state index contributed by atoms with van der Waals surface area (Å²) in [5.41, 5.74) is 3.29. The predicted octanol–water partition coefficient (Wildman–Crippen LogP) is 4.74. The summed E-state index contributed by atoms with van der Waals surface area (Å²) in [5, 5.41) is 0. The van der Waals surface area contributed by atoms with Crippen LogP contribution in [0, 0.1) is 6.92 Å². The van der Waals surface area contributed by atoms with Crippen molar-refractivity contribution in [2.24, 2.45) is 0 Å². The third-order valence-corrected chi connectivity index (χ3v) is 3.66. The standard InChI is InChI=1S/C19H16O3/c1-13-17(12-20)18(14-8-10-16(21-2)11-9-14)19(22-13)15-6-4-3-5-7-15/h3-12H,1-2H3. The van der Waals surface area contributed by atoms with Gasteiger partial charge in [0.05, 0.1) is 12.7 Å². The zero-order chi connectivity index (χ0) is 15.5. The molecule has 0 fully saturated rings. The Balaban J connectivity index is 2.22. The Hall–Kier alpha value is -2.81. The fourth-order valence-corrected chi connectivity index (χ4v) is 2.54. The van der Waals surface area contributed by atoms with Crippen LogP contribution in [0.25, 0.3) is 22.5 Å². The molecule has 0 saturated carbocycles. The maximum absolute atomic E-state index is 11.5. The highest BCUT2D eigenvalue weighted by molar-refractivity contribution is 5.95. The van der Waals surface area contributed by atoms with E-state index in [-0.39, 0.29) is 0 Å². The predicted molar refractivity (Wildman–Crippen MR) is 86.3 cm³/mol. The SMILES string of the molecule is COc1ccc(-c2c(-c3ccccc3)oc(C)c2C=O)cc1. The molecule has 0 unspecified atom stereocenters. The summed E-state index contributed by atoms with van der Waals surface area (Å²) in [7, 11) is 1.63. The zero-order valence-corrected chi connectivity index (χ0v) is 12.5. The summed E-state index contributed by atoms with van der Waals surface area (Å²) < 4.78 is 11.1. The Labute approximate surface area is 129 Å². The van der Waals surface area contributed by atoms with Crippen molar-refractivity contribution in [1.29, 1.82) is 0 Å². The Kier molecular flexibility index (Phi) is 3.79. The van der Waals surface area contributed by atoms with Gasteiger partial charge in [0.15, 0.2) is 6.29 Å². The van der Waals surface area contributed by atoms with Gasteiger partial charge in [-0.25, -0.2) is 0 Å². The number of benzene rings is 2. The van der Waals surface area contributed by atoms with Crippen molar-refractivity contribution in [2.75, 3.05) is 7.11 Å². The molecule has 3 heteroatoms. The number of ether oxygens (including phenoxy) is 1. The molecule has 0 aliphatic rings. The smallest absolute Gasteiger partial charge is 0.154 e. The van der Waals surface area contributed by atoms with Gasteiger partial charge in [0, 0.05) is 11.1 Å². The molecule has 0 aliphatic carbocycles. The number of hydrogen-bond donors (Lipinski definition) is 0. The van der Waals surface area contributed by atoms with Gasteiger partial charge < -0.3 is 9.15 Å². The van der Waals surface area contributed by atoms with Crippen molar-refractivity contribution in [3.63, 3.8) is 0 Å². The van der Waals surface area contributed by atoms with E-state index in [1.54, 1.807) is 7.11 Å². The second-order valence-electron chi connectivity index (χ2n) is 4.99. The number of methoxy groups -OCH3 is 1. The van der Waals surface area contributed by atoms with E-state index < -0.39 is 0 Å². The summed E-state index contributed by atoms with van der Waals surface area (Å²) in [6.45, 7) is 1.81. The minimum atomic E-state index is 0.587. The van der Waals surface area contributed by atoms with Crippen molar-refractivity contribution in [1.82, 2.24) is 0 Å². The monoisotopic (exact) mass is 292 g/mol. The largest absolute Gasteiger partial charge is 0.497 e. The lowest BCUT2D eigenvalue weighted by molar-refractivity contribution is 0.112. The quantitative estimate of drug-likeness (QED) is 0.652. The lowest BCUT2D eigenvalue weighted by Gasteiger charge is -2.06. The lowest BCUT2D eigenvalue weighted by Crippen LogP contribution is -1.88. The molecule has 0 amide bonds. The van der Waals surface area contributed by atoms with E-state index in [1.165, 1.54) is 0 Å². The van der Waals surface area contributed by atoms with Gasteiger partial charge in [0.25, 0.3) is 0 Å². The molecule has 2 aromatic carbocycles. The highest BCUT2D eigenvalue weighted by atomic mass is 16.5. The molecule has 0 radical (unpaired) electrons. The molecule has 0 bridgehead atoms. The molecule has 3 aromatic rings. The van der Waals surface area contributed by atoms with Crippen LogP contribution >= 0.6 is 0 Å². The molecule has 0 atom stereocenters. The number of furan rings is 1. The van der Waals surface area contributed by atoms with Crippen LogP contribution < -0.4 is 4.74 Å². The number of carbonyl (C=O) groups excluding carboxylic acids is 1. The Morgan fingerprint density at radius 2 is 1.64 bits per heavy atom. The van der Waals surface area contributed by atoms with Gasteiger partial charge in [-0.15, -0.1) is 0 Å². The van der Waals surface area contributed by atoms with E-state index in [9.17, 15) is 4.79 Å². The molecule has 0 spiro atoms. The van der Waals surface area contributed by atoms with Gasteiger partial charge in [-0.05, 0) is 24.6 Å². The van der Waals surface area contributed by atoms with Crippen LogP contribution in [0.15, 0.2) is 59.0 Å². The second-order valence-corrected chi connectivity index (χ2v) is 4.99. The molecule has 0 N–H and O–H groups in total. The number of aryl methyl sites for hydroxylation is 1. The number of carbonyl (C=O) groups is 1. The van der Waals surface area contributed by atoms with E-state index in [1.807, 2.05) is 61.5 Å². The molecule has 0 saturated heterocycles. The Morgan fingerprint density at radius 3 is 2.23 bits per heavy atom. The third-order valence-electron chi connectivity index (χ3n) is 3.66. The number of aldehydes is 1. The fourth-order valence-electron chi connectivity index (χ4n) is 2.54. The van der Waals surface area contributed by atoms with E-state index >= 15 is 0 Å². The molecule has 1 heterocycles. The fraction of sp³-hybridized carbons (Fsp3) is 0.105. The summed E-state index contributed by atoms with van der Waals surface area (Å²) in [6.07, 6.45) is 0.852. The van der Waals surface area contributed by atoms with Gasteiger partial charge in [-0.1, -0.05) is 42.5 Å². The maximum Gasteiger partial charge on any atom is 0.154 e. The van der Waals surface area contributed by atoms with Crippen LogP contribution in [-0.2, 0) is 0 Å². The Morgan fingerprint density at radius 1 is 0.955 bits per heavy atom. The lowest BCUT2D eigenvalue weighted by atomic mass is 9.97. The van der Waals surface area contributed by atoms with Crippen LogP contribution in [0.5, 0.6) is 5.75 Å². The topological polar surface area (TPSA) is 39.4 Å². The average molecular weight is 292 g/mol. The molecule has 3 rings (SSSR count). The first kappa shape index (κ1) is 14.1.